The molecule has 89 heavy (non-hydrogen) atoms. The van der Waals surface area contributed by atoms with E-state index in [1.807, 2.05) is 6.08 Å². The summed E-state index contributed by atoms with van der Waals surface area (Å²) >= 11 is 0. The van der Waals surface area contributed by atoms with Gasteiger partial charge in [-0.05, 0) is 19.3 Å². The summed E-state index contributed by atoms with van der Waals surface area (Å²) in [5.74, 6) is -6.14. The first-order chi connectivity index (χ1) is 42.9. The Morgan fingerprint density at radius 1 is 0.584 bits per heavy atom. The lowest BCUT2D eigenvalue weighted by Gasteiger charge is -2.50. The minimum Gasteiger partial charge on any atom is -0.477 e. The predicted molar refractivity (Wildman–Crippen MR) is 334 cm³/mol. The molecule has 3 fully saturated rings. The molecular weight excluding hydrogens is 1160 g/mol. The minimum atomic E-state index is -3.08. The number of aliphatic hydroxyl groups excluding tert-OH is 11. The fourth-order valence-electron chi connectivity index (χ4n) is 12.2. The summed E-state index contributed by atoms with van der Waals surface area (Å²) in [4.78, 5) is 38.5. The van der Waals surface area contributed by atoms with Gasteiger partial charge in [-0.1, -0.05) is 225 Å². The maximum Gasteiger partial charge on any atom is 0.364 e. The molecule has 0 aromatic heterocycles. The number of carboxylic acids is 1. The number of allylic oxidation sites excluding steroid dienone is 1. The molecule has 522 valence electrons. The molecule has 23 nitrogen and oxygen atoms in total. The van der Waals surface area contributed by atoms with Crippen molar-refractivity contribution in [2.24, 2.45) is 0 Å². The Morgan fingerprint density at radius 2 is 1.04 bits per heavy atom. The number of carboxylic acid groups (broad SMARTS) is 1. The first-order valence-corrected chi connectivity index (χ1v) is 34.6. The number of hydrogen-bond acceptors (Lipinski definition) is 20. The largest absolute Gasteiger partial charge is 0.477 e. The van der Waals surface area contributed by atoms with Crippen LogP contribution in [0.3, 0.4) is 0 Å². The first kappa shape index (κ1) is 80.7. The average molecular weight is 1280 g/mol. The van der Waals surface area contributed by atoms with Gasteiger partial charge in [0.15, 0.2) is 12.6 Å². The van der Waals surface area contributed by atoms with Crippen LogP contribution in [0.15, 0.2) is 12.2 Å². The summed E-state index contributed by atoms with van der Waals surface area (Å²) in [5, 5.41) is 136. The van der Waals surface area contributed by atoms with Gasteiger partial charge in [0.25, 0.3) is 5.79 Å². The van der Waals surface area contributed by atoms with Gasteiger partial charge in [-0.2, -0.15) is 0 Å². The summed E-state index contributed by atoms with van der Waals surface area (Å²) in [6.45, 7) is 2.13. The van der Waals surface area contributed by atoms with Gasteiger partial charge >= 0.3 is 5.97 Å². The number of amides is 2. The molecule has 0 spiro atoms. The van der Waals surface area contributed by atoms with Crippen molar-refractivity contribution in [1.82, 2.24) is 10.6 Å². The Hall–Kier alpha value is -2.53. The summed E-state index contributed by atoms with van der Waals surface area (Å²) in [6, 6.07) is -2.61. The lowest BCUT2D eigenvalue weighted by Crippen LogP contribution is -2.70. The van der Waals surface area contributed by atoms with Crippen LogP contribution in [0.1, 0.15) is 252 Å². The van der Waals surface area contributed by atoms with Crippen molar-refractivity contribution in [2.75, 3.05) is 26.4 Å². The van der Waals surface area contributed by atoms with E-state index in [2.05, 4.69) is 24.5 Å². The third-order valence-corrected chi connectivity index (χ3v) is 17.7. The van der Waals surface area contributed by atoms with Crippen molar-refractivity contribution >= 4 is 17.8 Å². The molecule has 0 bridgehead atoms. The van der Waals surface area contributed by atoms with Crippen LogP contribution < -0.4 is 10.6 Å². The van der Waals surface area contributed by atoms with E-state index in [-0.39, 0.29) is 12.3 Å². The number of aliphatic hydroxyl groups is 11. The Labute approximate surface area is 531 Å². The maximum absolute atomic E-state index is 13.4. The Balaban J connectivity index is 1.59. The van der Waals surface area contributed by atoms with Gasteiger partial charge in [-0.25, -0.2) is 4.79 Å². The molecule has 0 aromatic carbocycles. The standard InChI is InChI=1S/C66H122N2O21/c1-4-6-8-10-12-14-16-18-19-20-21-22-23-24-25-26-27-28-29-31-33-35-37-39-48(73)47(68-53(76)40-38-36-34-32-30-17-15-13-11-9-7-5-2)45-84-63-58(80)57(79)60(52(44-71)86-63)87-64-59(81)62(56(78)51(43-70)85-64)89-66(65(82)83)41-49(74)54(67-46(3)72)61(88-66)55(77)50(75)42-69/h37,39,47-52,54-64,69-71,73-75,77-81H,4-36,38,40-45H2,1-3H3,(H,67,72)(H,68,76)(H,82,83)/b39-37+. The highest BCUT2D eigenvalue weighted by atomic mass is 16.8. The number of unbranched alkanes of at least 4 members (excludes halogenated alkanes) is 32. The van der Waals surface area contributed by atoms with E-state index in [1.165, 1.54) is 161 Å². The topological polar surface area (TPSA) is 373 Å². The third kappa shape index (κ3) is 30.2. The molecule has 3 aliphatic rings. The highest BCUT2D eigenvalue weighted by Gasteiger charge is 2.60. The highest BCUT2D eigenvalue weighted by Crippen LogP contribution is 2.39. The molecule has 0 aromatic rings. The first-order valence-electron chi connectivity index (χ1n) is 34.6. The highest BCUT2D eigenvalue weighted by molar-refractivity contribution is 5.77. The smallest absolute Gasteiger partial charge is 0.364 e. The summed E-state index contributed by atoms with van der Waals surface area (Å²) in [5.41, 5.74) is 0. The molecule has 0 saturated carbocycles. The number of nitrogens with one attached hydrogen (secondary N) is 2. The molecule has 3 aliphatic heterocycles. The molecule has 3 rings (SSSR count). The second kappa shape index (κ2) is 47.4. The number of hydrogen-bond donors (Lipinski definition) is 14. The van der Waals surface area contributed by atoms with E-state index in [0.29, 0.717) is 12.8 Å². The zero-order valence-corrected chi connectivity index (χ0v) is 54.3. The normalized spacial score (nSPS) is 28.8. The van der Waals surface area contributed by atoms with E-state index in [9.17, 15) is 75.7 Å². The summed E-state index contributed by atoms with van der Waals surface area (Å²) in [7, 11) is 0. The van der Waals surface area contributed by atoms with Crippen LogP contribution in [0.2, 0.25) is 0 Å². The third-order valence-electron chi connectivity index (χ3n) is 17.7. The fraction of sp³-hybridized carbons (Fsp3) is 0.924. The summed E-state index contributed by atoms with van der Waals surface area (Å²) in [6.07, 6.45) is 15.5. The van der Waals surface area contributed by atoms with E-state index < -0.39 is 155 Å². The quantitative estimate of drug-likeness (QED) is 0.0249. The molecule has 23 heteroatoms. The number of rotatable bonds is 52. The zero-order chi connectivity index (χ0) is 65.4. The second-order valence-electron chi connectivity index (χ2n) is 25.4. The van der Waals surface area contributed by atoms with Gasteiger partial charge < -0.3 is 100 Å². The van der Waals surface area contributed by atoms with Crippen molar-refractivity contribution in [1.29, 1.82) is 0 Å². The second-order valence-corrected chi connectivity index (χ2v) is 25.4. The molecule has 18 atom stereocenters. The van der Waals surface area contributed by atoms with Gasteiger partial charge in [-0.15, -0.1) is 0 Å². The van der Waals surface area contributed by atoms with Crippen LogP contribution in [-0.4, -0.2) is 215 Å². The van der Waals surface area contributed by atoms with Crippen LogP contribution >= 0.6 is 0 Å². The molecule has 0 aliphatic carbocycles. The van der Waals surface area contributed by atoms with Gasteiger partial charge in [0.1, 0.15) is 67.1 Å². The van der Waals surface area contributed by atoms with Crippen LogP contribution in [-0.2, 0) is 42.8 Å². The average Bonchev–Trinajstić information content (AvgIpc) is 0.885. The van der Waals surface area contributed by atoms with Crippen molar-refractivity contribution in [2.45, 2.75) is 362 Å². The van der Waals surface area contributed by atoms with E-state index >= 15 is 0 Å². The summed E-state index contributed by atoms with van der Waals surface area (Å²) < 4.78 is 34.8. The number of aliphatic carboxylic acids is 1. The van der Waals surface area contributed by atoms with E-state index in [4.69, 9.17) is 28.4 Å². The predicted octanol–water partition coefficient (Wildman–Crippen LogP) is 5.90. The van der Waals surface area contributed by atoms with Crippen LogP contribution in [0.4, 0.5) is 0 Å². The van der Waals surface area contributed by atoms with Gasteiger partial charge in [-0.3, -0.25) is 9.59 Å². The van der Waals surface area contributed by atoms with Gasteiger partial charge in [0.05, 0.1) is 50.7 Å². The van der Waals surface area contributed by atoms with Crippen molar-refractivity contribution in [3.8, 4) is 0 Å². The van der Waals surface area contributed by atoms with Crippen molar-refractivity contribution < 1.29 is 104 Å². The molecule has 3 heterocycles. The molecule has 3 saturated heterocycles. The number of carbonyl (C=O) groups excluding carboxylic acids is 2. The lowest BCUT2D eigenvalue weighted by atomic mass is 9.88. The Kier molecular flexibility index (Phi) is 43.0. The van der Waals surface area contributed by atoms with Crippen molar-refractivity contribution in [3.63, 3.8) is 0 Å². The SMILES string of the molecule is CCCCCCCCCCCCCCCCCCCCCCC/C=C/C(O)C(COC1OC(CO)C(OC2OC(CO)C(O)C(OC3(C(=O)O)CC(O)C(NC(C)=O)C(C(O)C(O)CO)O3)C2O)C(O)C1O)NC(=O)CCCCCCCCCCCCCC. The van der Waals surface area contributed by atoms with Crippen molar-refractivity contribution in [3.05, 3.63) is 12.2 Å². The maximum atomic E-state index is 13.4. The molecule has 18 unspecified atom stereocenters. The molecular formula is C66H122N2O21. The zero-order valence-electron chi connectivity index (χ0n) is 54.3. The lowest BCUT2D eigenvalue weighted by molar-refractivity contribution is -0.386. The Bertz CT molecular complexity index is 1860. The minimum absolute atomic E-state index is 0.204. The van der Waals surface area contributed by atoms with E-state index in [1.54, 1.807) is 6.08 Å². The van der Waals surface area contributed by atoms with Crippen LogP contribution in [0, 0.1) is 0 Å². The molecule has 0 radical (unpaired) electrons. The number of carbonyl (C=O) groups is 3. The monoisotopic (exact) mass is 1280 g/mol. The van der Waals surface area contributed by atoms with Gasteiger partial charge in [0, 0.05) is 19.8 Å². The Morgan fingerprint density at radius 3 is 1.49 bits per heavy atom. The van der Waals surface area contributed by atoms with Crippen LogP contribution in [0.25, 0.3) is 0 Å². The van der Waals surface area contributed by atoms with E-state index in [0.717, 1.165) is 51.9 Å². The molecule has 2 amide bonds. The molecule has 14 N–H and O–H groups in total. The van der Waals surface area contributed by atoms with Gasteiger partial charge in [0.2, 0.25) is 11.8 Å². The number of ether oxygens (including phenoxy) is 6. The fourth-order valence-corrected chi connectivity index (χ4v) is 12.2. The van der Waals surface area contributed by atoms with Crippen LogP contribution in [0.5, 0.6) is 0 Å².